The largest absolute Gasteiger partial charge is 0.472 e. The summed E-state index contributed by atoms with van der Waals surface area (Å²) in [6.07, 6.45) is 10.5. The zero-order chi connectivity index (χ0) is 33.3. The Bertz CT molecular complexity index is 2440. The van der Waals surface area contributed by atoms with E-state index in [9.17, 15) is 0 Å². The van der Waals surface area contributed by atoms with E-state index in [2.05, 4.69) is 22.1 Å². The van der Waals surface area contributed by atoms with Crippen LogP contribution in [-0.2, 0) is 0 Å². The number of aromatic nitrogens is 5. The Kier molecular flexibility index (Phi) is 7.29. The number of ether oxygens (including phenoxy) is 2. The van der Waals surface area contributed by atoms with Crippen LogP contribution in [0.1, 0.15) is 0 Å². The molecule has 0 spiro atoms. The molecule has 0 fully saturated rings. The van der Waals surface area contributed by atoms with Crippen molar-refractivity contribution in [1.82, 2.24) is 24.5 Å². The van der Waals surface area contributed by atoms with Crippen LogP contribution < -0.4 is 9.47 Å². The number of pyridine rings is 2. The zero-order valence-electron chi connectivity index (χ0n) is 26.5. The number of furan rings is 1. The van der Waals surface area contributed by atoms with Gasteiger partial charge in [-0.25, -0.2) is 9.97 Å². The number of benzene rings is 4. The smallest absolute Gasteiger partial charge is 0.234 e. The second-order valence-electron chi connectivity index (χ2n) is 11.7. The van der Waals surface area contributed by atoms with Gasteiger partial charge < -0.3 is 13.9 Å². The fourth-order valence-corrected chi connectivity index (χ4v) is 6.11. The number of hydrogen-bond donors (Lipinski definition) is 0. The highest BCUT2D eigenvalue weighted by atomic mass is 16.5. The Labute approximate surface area is 286 Å². The molecule has 4 aromatic carbocycles. The van der Waals surface area contributed by atoms with Crippen molar-refractivity contribution in [1.29, 1.82) is 0 Å². The maximum Gasteiger partial charge on any atom is 0.234 e. The SMILES string of the molecule is c1ccc(-c2cccc(Oc3ccc4c5ccc(Oc6cccc(-c7ccccn7)c6)cc5n(-c5ncc(-c6ccoc6)cn5)c4c3)c2)nc1. The second-order valence-corrected chi connectivity index (χ2v) is 11.7. The van der Waals surface area contributed by atoms with Gasteiger partial charge in [0.25, 0.3) is 0 Å². The fourth-order valence-electron chi connectivity index (χ4n) is 6.11. The van der Waals surface area contributed by atoms with Crippen LogP contribution in [0, 0.1) is 0 Å². The van der Waals surface area contributed by atoms with Gasteiger partial charge in [0.15, 0.2) is 0 Å². The molecule has 0 unspecified atom stereocenters. The number of fused-ring (bicyclic) bond motifs is 3. The summed E-state index contributed by atoms with van der Waals surface area (Å²) in [4.78, 5) is 18.6. The predicted molar refractivity (Wildman–Crippen MR) is 194 cm³/mol. The van der Waals surface area contributed by atoms with Gasteiger partial charge in [-0.05, 0) is 78.9 Å². The minimum absolute atomic E-state index is 0.515. The van der Waals surface area contributed by atoms with Crippen LogP contribution >= 0.6 is 0 Å². The van der Waals surface area contributed by atoms with E-state index < -0.39 is 0 Å². The first-order valence-electron chi connectivity index (χ1n) is 16.1. The topological polar surface area (TPSA) is 88.1 Å². The summed E-state index contributed by atoms with van der Waals surface area (Å²) in [5.41, 5.74) is 7.26. The van der Waals surface area contributed by atoms with Crippen LogP contribution in [0.25, 0.3) is 61.4 Å². The molecule has 0 saturated heterocycles. The molecule has 8 nitrogen and oxygen atoms in total. The van der Waals surface area contributed by atoms with Gasteiger partial charge in [0.2, 0.25) is 5.95 Å². The van der Waals surface area contributed by atoms with Crippen molar-refractivity contribution < 1.29 is 13.9 Å². The number of rotatable bonds is 8. The summed E-state index contributed by atoms with van der Waals surface area (Å²) in [6, 6.07) is 41.6. The third kappa shape index (κ3) is 5.61. The molecule has 0 radical (unpaired) electrons. The van der Waals surface area contributed by atoms with Crippen molar-refractivity contribution in [2.75, 3.05) is 0 Å². The Hall–Kier alpha value is -7.06. The van der Waals surface area contributed by atoms with Gasteiger partial charge in [-0.1, -0.05) is 36.4 Å². The van der Waals surface area contributed by atoms with Crippen LogP contribution in [0.2, 0.25) is 0 Å². The lowest BCUT2D eigenvalue weighted by molar-refractivity contribution is 0.483. The molecule has 0 amide bonds. The number of nitrogens with zero attached hydrogens (tertiary/aromatic N) is 5. The Morgan fingerprint density at radius 1 is 0.460 bits per heavy atom. The summed E-state index contributed by atoms with van der Waals surface area (Å²) in [5, 5.41) is 2.06. The quantitative estimate of drug-likeness (QED) is 0.162. The van der Waals surface area contributed by atoms with Crippen LogP contribution in [-0.4, -0.2) is 24.5 Å². The van der Waals surface area contributed by atoms with E-state index in [1.54, 1.807) is 37.3 Å². The molecule has 0 aliphatic rings. The van der Waals surface area contributed by atoms with E-state index in [-0.39, 0.29) is 0 Å². The first-order chi connectivity index (χ1) is 24.7. The maximum atomic E-state index is 6.43. The molecule has 0 atom stereocenters. The van der Waals surface area contributed by atoms with Crippen molar-refractivity contribution in [2.24, 2.45) is 0 Å². The van der Waals surface area contributed by atoms with Gasteiger partial charge in [-0.15, -0.1) is 0 Å². The van der Waals surface area contributed by atoms with Crippen molar-refractivity contribution in [3.05, 3.63) is 165 Å². The molecule has 0 saturated carbocycles. The molecule has 9 rings (SSSR count). The van der Waals surface area contributed by atoms with Crippen molar-refractivity contribution in [2.45, 2.75) is 0 Å². The van der Waals surface area contributed by atoms with E-state index in [1.807, 2.05) is 120 Å². The average molecular weight is 650 g/mol. The monoisotopic (exact) mass is 649 g/mol. The van der Waals surface area contributed by atoms with E-state index in [0.717, 1.165) is 55.4 Å². The van der Waals surface area contributed by atoms with Crippen molar-refractivity contribution in [3.8, 4) is 62.6 Å². The molecular weight excluding hydrogens is 622 g/mol. The maximum absolute atomic E-state index is 6.43. The van der Waals surface area contributed by atoms with Crippen LogP contribution in [0.15, 0.2) is 169 Å². The molecule has 8 heteroatoms. The van der Waals surface area contributed by atoms with Gasteiger partial charge in [0.05, 0.1) is 34.9 Å². The van der Waals surface area contributed by atoms with Crippen molar-refractivity contribution >= 4 is 21.8 Å². The first-order valence-corrected chi connectivity index (χ1v) is 16.1. The fraction of sp³-hybridized carbons (Fsp3) is 0. The van der Waals surface area contributed by atoms with E-state index in [0.29, 0.717) is 28.9 Å². The minimum atomic E-state index is 0.515. The molecule has 5 aromatic heterocycles. The Balaban J connectivity index is 1.13. The van der Waals surface area contributed by atoms with Gasteiger partial charge in [0, 0.05) is 69.9 Å². The standard InChI is InChI=1S/C42H27N5O3/c1-3-18-43-38(11-1)28-7-5-9-32(21-28)49-34-13-15-36-37-16-14-35(50-33-10-6-8-29(22-33)39-12-2-4-19-44-39)24-41(37)47(40(36)23-34)42-45-25-31(26-46-42)30-17-20-48-27-30/h1-27H. The molecule has 0 aliphatic carbocycles. The summed E-state index contributed by atoms with van der Waals surface area (Å²) in [6.45, 7) is 0. The third-order valence-corrected chi connectivity index (χ3v) is 8.46. The molecule has 5 heterocycles. The molecule has 0 aliphatic heterocycles. The lowest BCUT2D eigenvalue weighted by Crippen LogP contribution is -2.01. The second kappa shape index (κ2) is 12.5. The van der Waals surface area contributed by atoms with Crippen LogP contribution in [0.5, 0.6) is 23.0 Å². The molecule has 0 bridgehead atoms. The first kappa shape index (κ1) is 29.1. The summed E-state index contributed by atoms with van der Waals surface area (Å²) < 4.78 is 20.2. The highest BCUT2D eigenvalue weighted by molar-refractivity contribution is 6.09. The highest BCUT2D eigenvalue weighted by Gasteiger charge is 2.17. The van der Waals surface area contributed by atoms with Gasteiger partial charge in [0.1, 0.15) is 23.0 Å². The van der Waals surface area contributed by atoms with Gasteiger partial charge in [-0.2, -0.15) is 0 Å². The molecular formula is C42H27N5O3. The Morgan fingerprint density at radius 2 is 1.02 bits per heavy atom. The number of hydrogen-bond acceptors (Lipinski definition) is 7. The van der Waals surface area contributed by atoms with Gasteiger partial charge in [-0.3, -0.25) is 14.5 Å². The lowest BCUT2D eigenvalue weighted by atomic mass is 10.1. The summed E-state index contributed by atoms with van der Waals surface area (Å²) in [5.74, 6) is 3.29. The minimum Gasteiger partial charge on any atom is -0.472 e. The lowest BCUT2D eigenvalue weighted by Gasteiger charge is -2.10. The molecule has 50 heavy (non-hydrogen) atoms. The molecule has 238 valence electrons. The predicted octanol–water partition coefficient (Wildman–Crippen LogP) is 10.5. The van der Waals surface area contributed by atoms with E-state index in [1.165, 1.54) is 0 Å². The summed E-state index contributed by atoms with van der Waals surface area (Å²) >= 11 is 0. The molecule has 9 aromatic rings. The third-order valence-electron chi connectivity index (χ3n) is 8.46. The van der Waals surface area contributed by atoms with E-state index in [4.69, 9.17) is 23.9 Å². The molecule has 0 N–H and O–H groups in total. The highest BCUT2D eigenvalue weighted by Crippen LogP contribution is 2.38. The zero-order valence-corrected chi connectivity index (χ0v) is 26.5. The van der Waals surface area contributed by atoms with Crippen LogP contribution in [0.3, 0.4) is 0 Å². The summed E-state index contributed by atoms with van der Waals surface area (Å²) in [7, 11) is 0. The van der Waals surface area contributed by atoms with Crippen LogP contribution in [0.4, 0.5) is 0 Å². The van der Waals surface area contributed by atoms with Gasteiger partial charge >= 0.3 is 0 Å². The van der Waals surface area contributed by atoms with E-state index >= 15 is 0 Å². The normalized spacial score (nSPS) is 11.2. The van der Waals surface area contributed by atoms with Crippen molar-refractivity contribution in [3.63, 3.8) is 0 Å². The average Bonchev–Trinajstić information content (AvgIpc) is 3.83. The Morgan fingerprint density at radius 3 is 1.52 bits per heavy atom.